The summed E-state index contributed by atoms with van der Waals surface area (Å²) in [6.45, 7) is 1.25. The molecule has 2 aromatic rings. The lowest BCUT2D eigenvalue weighted by Crippen LogP contribution is -2.34. The molecule has 1 amide bonds. The van der Waals surface area contributed by atoms with Crippen LogP contribution in [0.25, 0.3) is 0 Å². The molecule has 106 valence electrons. The van der Waals surface area contributed by atoms with Crippen LogP contribution in [0.2, 0.25) is 0 Å². The van der Waals surface area contributed by atoms with Crippen LogP contribution in [0, 0.1) is 5.82 Å². The zero-order valence-corrected chi connectivity index (χ0v) is 11.3. The van der Waals surface area contributed by atoms with E-state index in [4.69, 9.17) is 4.42 Å². The number of furan rings is 1. The summed E-state index contributed by atoms with van der Waals surface area (Å²) in [5.74, 6) is 0.387. The van der Waals surface area contributed by atoms with E-state index in [2.05, 4.69) is 5.32 Å². The molecule has 0 fully saturated rings. The predicted octanol–water partition coefficient (Wildman–Crippen LogP) is 2.17. The van der Waals surface area contributed by atoms with Crippen LogP contribution in [0.5, 0.6) is 0 Å². The molecular formula is C15H17FN2O2. The zero-order chi connectivity index (χ0) is 14.4. The molecule has 0 spiro atoms. The molecule has 0 saturated heterocycles. The smallest absolute Gasteiger partial charge is 0.234 e. The van der Waals surface area contributed by atoms with Crippen molar-refractivity contribution in [2.75, 3.05) is 13.6 Å². The Morgan fingerprint density at radius 1 is 1.30 bits per heavy atom. The molecule has 0 aliphatic heterocycles. The average molecular weight is 276 g/mol. The van der Waals surface area contributed by atoms with Gasteiger partial charge < -0.3 is 9.73 Å². The minimum absolute atomic E-state index is 0.0778. The van der Waals surface area contributed by atoms with Crippen molar-refractivity contribution in [3.63, 3.8) is 0 Å². The van der Waals surface area contributed by atoms with Gasteiger partial charge in [-0.2, -0.15) is 0 Å². The first-order valence-corrected chi connectivity index (χ1v) is 6.35. The fourth-order valence-corrected chi connectivity index (χ4v) is 1.86. The lowest BCUT2D eigenvalue weighted by molar-refractivity contribution is -0.122. The quantitative estimate of drug-likeness (QED) is 0.879. The highest BCUT2D eigenvalue weighted by Gasteiger charge is 2.07. The number of benzene rings is 1. The van der Waals surface area contributed by atoms with Gasteiger partial charge in [0.25, 0.3) is 0 Å². The minimum atomic E-state index is -0.257. The molecule has 0 unspecified atom stereocenters. The van der Waals surface area contributed by atoms with Gasteiger partial charge in [0, 0.05) is 6.54 Å². The van der Waals surface area contributed by atoms with E-state index in [9.17, 15) is 9.18 Å². The van der Waals surface area contributed by atoms with Gasteiger partial charge in [-0.05, 0) is 36.9 Å². The summed E-state index contributed by atoms with van der Waals surface area (Å²) < 4.78 is 17.9. The summed E-state index contributed by atoms with van der Waals surface area (Å²) in [5, 5.41) is 2.78. The van der Waals surface area contributed by atoms with E-state index in [-0.39, 0.29) is 18.3 Å². The van der Waals surface area contributed by atoms with E-state index in [0.29, 0.717) is 13.1 Å². The molecular weight excluding hydrogens is 259 g/mol. The maximum absolute atomic E-state index is 12.8. The number of rotatable bonds is 6. The highest BCUT2D eigenvalue weighted by atomic mass is 19.1. The van der Waals surface area contributed by atoms with Gasteiger partial charge in [0.15, 0.2) is 0 Å². The molecule has 0 atom stereocenters. The number of nitrogens with one attached hydrogen (secondary N) is 1. The minimum Gasteiger partial charge on any atom is -0.467 e. The van der Waals surface area contributed by atoms with E-state index in [1.807, 2.05) is 18.0 Å². The summed E-state index contributed by atoms with van der Waals surface area (Å²) in [7, 11) is 1.84. The van der Waals surface area contributed by atoms with Gasteiger partial charge in [-0.15, -0.1) is 0 Å². The molecule has 1 aromatic heterocycles. The fourth-order valence-electron chi connectivity index (χ4n) is 1.86. The highest BCUT2D eigenvalue weighted by molar-refractivity contribution is 5.77. The molecule has 2 rings (SSSR count). The average Bonchev–Trinajstić information content (AvgIpc) is 2.92. The molecule has 0 aliphatic carbocycles. The molecule has 4 nitrogen and oxygen atoms in total. The monoisotopic (exact) mass is 276 g/mol. The Kier molecular flexibility index (Phi) is 4.90. The summed E-state index contributed by atoms with van der Waals surface area (Å²) in [5.41, 5.74) is 0.965. The maximum atomic E-state index is 12.8. The van der Waals surface area contributed by atoms with Crippen LogP contribution < -0.4 is 5.32 Å². The van der Waals surface area contributed by atoms with Crippen molar-refractivity contribution >= 4 is 5.91 Å². The third-order valence-electron chi connectivity index (χ3n) is 2.82. The molecule has 1 heterocycles. The van der Waals surface area contributed by atoms with E-state index in [1.54, 1.807) is 24.5 Å². The Morgan fingerprint density at radius 3 is 2.70 bits per heavy atom. The van der Waals surface area contributed by atoms with Gasteiger partial charge >= 0.3 is 0 Å². The van der Waals surface area contributed by atoms with Crippen molar-refractivity contribution < 1.29 is 13.6 Å². The fraction of sp³-hybridized carbons (Fsp3) is 0.267. The first kappa shape index (κ1) is 14.3. The van der Waals surface area contributed by atoms with Crippen molar-refractivity contribution in [2.24, 2.45) is 0 Å². The molecule has 5 heteroatoms. The lowest BCUT2D eigenvalue weighted by atomic mass is 10.2. The summed E-state index contributed by atoms with van der Waals surface area (Å²) in [4.78, 5) is 13.6. The molecule has 0 radical (unpaired) electrons. The number of carbonyl (C=O) groups excluding carboxylic acids is 1. The van der Waals surface area contributed by atoms with Crippen molar-refractivity contribution in [3.8, 4) is 0 Å². The Hall–Kier alpha value is -2.14. The zero-order valence-electron chi connectivity index (χ0n) is 11.3. The summed E-state index contributed by atoms with van der Waals surface area (Å²) in [6, 6.07) is 9.85. The standard InChI is InChI=1S/C15H17FN2O2/c1-18(10-12-4-6-13(16)7-5-12)11-15(19)17-9-14-3-2-8-20-14/h2-8H,9-11H2,1H3,(H,17,19). The van der Waals surface area contributed by atoms with E-state index in [0.717, 1.165) is 11.3 Å². The first-order valence-electron chi connectivity index (χ1n) is 6.35. The summed E-state index contributed by atoms with van der Waals surface area (Å²) in [6.07, 6.45) is 1.57. The predicted molar refractivity (Wildman–Crippen MR) is 73.3 cm³/mol. The number of carbonyl (C=O) groups is 1. The van der Waals surface area contributed by atoms with Crippen molar-refractivity contribution in [2.45, 2.75) is 13.1 Å². The molecule has 0 aliphatic rings. The SMILES string of the molecule is CN(CC(=O)NCc1ccco1)Cc1ccc(F)cc1. The van der Waals surface area contributed by atoms with E-state index >= 15 is 0 Å². The van der Waals surface area contributed by atoms with E-state index < -0.39 is 0 Å². The van der Waals surface area contributed by atoms with Gasteiger partial charge in [0.05, 0.1) is 19.4 Å². The molecule has 0 saturated carbocycles. The molecule has 0 bridgehead atoms. The summed E-state index contributed by atoms with van der Waals surface area (Å²) >= 11 is 0. The van der Waals surface area contributed by atoms with Crippen molar-refractivity contribution in [3.05, 3.63) is 59.8 Å². The number of nitrogens with zero attached hydrogens (tertiary/aromatic N) is 1. The van der Waals surface area contributed by atoms with Crippen molar-refractivity contribution in [1.29, 1.82) is 0 Å². The van der Waals surface area contributed by atoms with Gasteiger partial charge in [-0.1, -0.05) is 12.1 Å². The van der Waals surface area contributed by atoms with Gasteiger partial charge in [-0.3, -0.25) is 9.69 Å². The van der Waals surface area contributed by atoms with Crippen LogP contribution in [-0.4, -0.2) is 24.4 Å². The van der Waals surface area contributed by atoms with Crippen LogP contribution in [-0.2, 0) is 17.9 Å². The third-order valence-corrected chi connectivity index (χ3v) is 2.82. The maximum Gasteiger partial charge on any atom is 0.234 e. The second-order valence-corrected chi connectivity index (χ2v) is 4.65. The van der Waals surface area contributed by atoms with Crippen LogP contribution >= 0.6 is 0 Å². The Labute approximate surface area is 117 Å². The van der Waals surface area contributed by atoms with Gasteiger partial charge in [0.1, 0.15) is 11.6 Å². The van der Waals surface area contributed by atoms with Crippen LogP contribution in [0.1, 0.15) is 11.3 Å². The normalized spacial score (nSPS) is 10.8. The largest absolute Gasteiger partial charge is 0.467 e. The number of hydrogen-bond donors (Lipinski definition) is 1. The van der Waals surface area contributed by atoms with Gasteiger partial charge in [-0.25, -0.2) is 4.39 Å². The second-order valence-electron chi connectivity index (χ2n) is 4.65. The Balaban J connectivity index is 1.74. The Bertz CT molecular complexity index is 538. The number of hydrogen-bond acceptors (Lipinski definition) is 3. The van der Waals surface area contributed by atoms with E-state index in [1.165, 1.54) is 12.1 Å². The molecule has 1 N–H and O–H groups in total. The number of halogens is 1. The van der Waals surface area contributed by atoms with Crippen molar-refractivity contribution in [1.82, 2.24) is 10.2 Å². The highest BCUT2D eigenvalue weighted by Crippen LogP contribution is 2.05. The van der Waals surface area contributed by atoms with Crippen LogP contribution in [0.4, 0.5) is 4.39 Å². The number of likely N-dealkylation sites (N-methyl/N-ethyl adjacent to an activating group) is 1. The van der Waals surface area contributed by atoms with Crippen LogP contribution in [0.15, 0.2) is 47.1 Å². The first-order chi connectivity index (χ1) is 9.63. The molecule has 20 heavy (non-hydrogen) atoms. The topological polar surface area (TPSA) is 45.5 Å². The lowest BCUT2D eigenvalue weighted by Gasteiger charge is -2.16. The Morgan fingerprint density at radius 2 is 2.05 bits per heavy atom. The second kappa shape index (κ2) is 6.86. The molecule has 1 aromatic carbocycles. The van der Waals surface area contributed by atoms with Gasteiger partial charge in [0.2, 0.25) is 5.91 Å². The third kappa shape index (κ3) is 4.51. The number of amides is 1. The van der Waals surface area contributed by atoms with Crippen LogP contribution in [0.3, 0.4) is 0 Å².